The predicted molar refractivity (Wildman–Crippen MR) is 75.7 cm³/mol. The molecule has 4 nitrogen and oxygen atoms in total. The highest BCUT2D eigenvalue weighted by molar-refractivity contribution is 7.89. The maximum Gasteiger partial charge on any atom is 0.240 e. The second-order valence-electron chi connectivity index (χ2n) is 5.58. The molecule has 0 aliphatic heterocycles. The SMILES string of the molecule is N#Cc1ccc(S(=O)(=O)NC(C2CC2)C2CC2)cc1Cl. The van der Waals surface area contributed by atoms with E-state index in [1.54, 1.807) is 0 Å². The average Bonchev–Trinajstić information content (AvgIpc) is 3.29. The van der Waals surface area contributed by atoms with Crippen molar-refractivity contribution in [2.24, 2.45) is 11.8 Å². The average molecular weight is 311 g/mol. The van der Waals surface area contributed by atoms with Gasteiger partial charge in [0.15, 0.2) is 0 Å². The third kappa shape index (κ3) is 2.83. The molecule has 6 heteroatoms. The fourth-order valence-corrected chi connectivity index (χ4v) is 4.18. The minimum absolute atomic E-state index is 0.0643. The molecule has 2 aliphatic rings. The molecule has 0 amide bonds. The van der Waals surface area contributed by atoms with E-state index in [1.165, 1.54) is 18.2 Å². The predicted octanol–water partition coefficient (Wildman–Crippen LogP) is 2.68. The molecule has 1 aromatic carbocycles. The zero-order valence-corrected chi connectivity index (χ0v) is 12.4. The van der Waals surface area contributed by atoms with Crippen LogP contribution in [0.3, 0.4) is 0 Å². The molecule has 2 aliphatic carbocycles. The zero-order valence-electron chi connectivity index (χ0n) is 10.8. The highest BCUT2D eigenvalue weighted by atomic mass is 35.5. The lowest BCUT2D eigenvalue weighted by molar-refractivity contribution is 0.471. The highest BCUT2D eigenvalue weighted by Crippen LogP contribution is 2.45. The number of nitrogens with one attached hydrogen (secondary N) is 1. The van der Waals surface area contributed by atoms with E-state index in [4.69, 9.17) is 16.9 Å². The van der Waals surface area contributed by atoms with Crippen LogP contribution in [0.4, 0.5) is 0 Å². The number of nitriles is 1. The maximum absolute atomic E-state index is 12.4. The van der Waals surface area contributed by atoms with Gasteiger partial charge in [-0.15, -0.1) is 0 Å². The molecule has 2 saturated carbocycles. The largest absolute Gasteiger partial charge is 0.240 e. The number of halogens is 1. The van der Waals surface area contributed by atoms with E-state index >= 15 is 0 Å². The lowest BCUT2D eigenvalue weighted by Gasteiger charge is -2.17. The Morgan fingerprint density at radius 2 is 1.85 bits per heavy atom. The molecule has 0 spiro atoms. The van der Waals surface area contributed by atoms with Gasteiger partial charge in [-0.3, -0.25) is 0 Å². The Labute approximate surface area is 123 Å². The molecule has 106 valence electrons. The number of benzene rings is 1. The van der Waals surface area contributed by atoms with Crippen LogP contribution < -0.4 is 4.72 Å². The summed E-state index contributed by atoms with van der Waals surface area (Å²) in [5.41, 5.74) is 0.284. The van der Waals surface area contributed by atoms with Gasteiger partial charge in [0.2, 0.25) is 10.0 Å². The molecule has 20 heavy (non-hydrogen) atoms. The lowest BCUT2D eigenvalue weighted by Crippen LogP contribution is -2.38. The summed E-state index contributed by atoms with van der Waals surface area (Å²) >= 11 is 5.91. The van der Waals surface area contributed by atoms with Gasteiger partial charge in [-0.05, 0) is 55.7 Å². The molecule has 0 radical (unpaired) electrons. The summed E-state index contributed by atoms with van der Waals surface area (Å²) in [6, 6.07) is 6.21. The normalized spacial score (nSPS) is 19.1. The highest BCUT2D eigenvalue weighted by Gasteiger charge is 2.43. The van der Waals surface area contributed by atoms with Crippen LogP contribution in [0, 0.1) is 23.2 Å². The van der Waals surface area contributed by atoms with Crippen LogP contribution in [0.1, 0.15) is 31.2 Å². The Morgan fingerprint density at radius 1 is 1.25 bits per heavy atom. The lowest BCUT2D eigenvalue weighted by atomic mass is 10.1. The second-order valence-corrected chi connectivity index (χ2v) is 7.70. The molecule has 0 heterocycles. The van der Waals surface area contributed by atoms with Crippen molar-refractivity contribution in [3.05, 3.63) is 28.8 Å². The summed E-state index contributed by atoms with van der Waals surface area (Å²) in [4.78, 5) is 0.132. The maximum atomic E-state index is 12.4. The summed E-state index contributed by atoms with van der Waals surface area (Å²) in [6.07, 6.45) is 4.44. The van der Waals surface area contributed by atoms with E-state index in [0.29, 0.717) is 11.8 Å². The van der Waals surface area contributed by atoms with Crippen molar-refractivity contribution in [1.82, 2.24) is 4.72 Å². The third-order valence-electron chi connectivity index (χ3n) is 3.92. The molecule has 1 aromatic rings. The first-order chi connectivity index (χ1) is 9.51. The quantitative estimate of drug-likeness (QED) is 0.909. The fourth-order valence-electron chi connectivity index (χ4n) is 2.49. The van der Waals surface area contributed by atoms with Gasteiger partial charge in [-0.1, -0.05) is 11.6 Å². The van der Waals surface area contributed by atoms with Crippen LogP contribution in [0.5, 0.6) is 0 Å². The van der Waals surface area contributed by atoms with Crippen molar-refractivity contribution in [1.29, 1.82) is 5.26 Å². The van der Waals surface area contributed by atoms with Crippen LogP contribution in [0.15, 0.2) is 23.1 Å². The van der Waals surface area contributed by atoms with Gasteiger partial charge in [-0.25, -0.2) is 13.1 Å². The first kappa shape index (κ1) is 13.9. The Morgan fingerprint density at radius 3 is 2.30 bits per heavy atom. The van der Waals surface area contributed by atoms with Gasteiger partial charge in [0.25, 0.3) is 0 Å². The van der Waals surface area contributed by atoms with Gasteiger partial charge < -0.3 is 0 Å². The van der Waals surface area contributed by atoms with E-state index in [2.05, 4.69) is 4.72 Å². The van der Waals surface area contributed by atoms with Crippen molar-refractivity contribution in [2.75, 3.05) is 0 Å². The molecule has 2 fully saturated rings. The number of nitrogens with zero attached hydrogens (tertiary/aromatic N) is 1. The Kier molecular flexibility index (Phi) is 3.49. The molecule has 3 rings (SSSR count). The van der Waals surface area contributed by atoms with E-state index in [-0.39, 0.29) is 21.5 Å². The van der Waals surface area contributed by atoms with Crippen LogP contribution in [0.2, 0.25) is 5.02 Å². The van der Waals surface area contributed by atoms with E-state index < -0.39 is 10.0 Å². The molecule has 0 bridgehead atoms. The molecular weight excluding hydrogens is 296 g/mol. The molecule has 0 saturated heterocycles. The van der Waals surface area contributed by atoms with Crippen LogP contribution in [0.25, 0.3) is 0 Å². The summed E-state index contributed by atoms with van der Waals surface area (Å²) < 4.78 is 27.6. The van der Waals surface area contributed by atoms with E-state index in [9.17, 15) is 8.42 Å². The summed E-state index contributed by atoms with van der Waals surface area (Å²) in [5, 5.41) is 8.99. The minimum Gasteiger partial charge on any atom is -0.208 e. The smallest absolute Gasteiger partial charge is 0.208 e. The van der Waals surface area contributed by atoms with Crippen molar-refractivity contribution in [3.8, 4) is 6.07 Å². The third-order valence-corrected chi connectivity index (χ3v) is 5.69. The zero-order chi connectivity index (χ0) is 14.3. The minimum atomic E-state index is -3.56. The second kappa shape index (κ2) is 5.03. The van der Waals surface area contributed by atoms with Gasteiger partial charge >= 0.3 is 0 Å². The molecule has 0 aromatic heterocycles. The monoisotopic (exact) mass is 310 g/mol. The Balaban J connectivity index is 1.84. The van der Waals surface area contributed by atoms with Crippen molar-refractivity contribution in [3.63, 3.8) is 0 Å². The van der Waals surface area contributed by atoms with E-state index in [0.717, 1.165) is 25.7 Å². The van der Waals surface area contributed by atoms with Gasteiger partial charge in [0, 0.05) is 6.04 Å². The number of hydrogen-bond donors (Lipinski definition) is 1. The Hall–Kier alpha value is -1.09. The van der Waals surface area contributed by atoms with Crippen molar-refractivity contribution in [2.45, 2.75) is 36.6 Å². The standard InChI is InChI=1S/C14H15ClN2O2S/c15-13-7-12(6-5-11(13)8-16)20(18,19)17-14(9-1-2-9)10-3-4-10/h5-7,9-10,14,17H,1-4H2. The fraction of sp³-hybridized carbons (Fsp3) is 0.500. The van der Waals surface area contributed by atoms with Gasteiger partial charge in [-0.2, -0.15) is 5.26 Å². The first-order valence-corrected chi connectivity index (χ1v) is 8.59. The van der Waals surface area contributed by atoms with E-state index in [1.807, 2.05) is 6.07 Å². The van der Waals surface area contributed by atoms with Crippen molar-refractivity contribution < 1.29 is 8.42 Å². The first-order valence-electron chi connectivity index (χ1n) is 6.73. The summed E-state index contributed by atoms with van der Waals surface area (Å²) in [5.74, 6) is 0.984. The van der Waals surface area contributed by atoms with Gasteiger partial charge in [0.05, 0.1) is 15.5 Å². The molecular formula is C14H15ClN2O2S. The summed E-state index contributed by atoms with van der Waals surface area (Å²) in [7, 11) is -3.56. The van der Waals surface area contributed by atoms with Crippen LogP contribution in [-0.2, 0) is 10.0 Å². The molecule has 1 N–H and O–H groups in total. The van der Waals surface area contributed by atoms with Crippen LogP contribution >= 0.6 is 11.6 Å². The molecule has 0 unspecified atom stereocenters. The number of sulfonamides is 1. The number of hydrogen-bond acceptors (Lipinski definition) is 3. The summed E-state index contributed by atoms with van der Waals surface area (Å²) in [6.45, 7) is 0. The Bertz CT molecular complexity index is 661. The van der Waals surface area contributed by atoms with Crippen LogP contribution in [-0.4, -0.2) is 14.5 Å². The van der Waals surface area contributed by atoms with Gasteiger partial charge in [0.1, 0.15) is 6.07 Å². The number of rotatable bonds is 5. The topological polar surface area (TPSA) is 70.0 Å². The molecule has 0 atom stereocenters. The van der Waals surface area contributed by atoms with Crippen molar-refractivity contribution >= 4 is 21.6 Å².